The summed E-state index contributed by atoms with van der Waals surface area (Å²) in [6.07, 6.45) is 23.5. The highest BCUT2D eigenvalue weighted by Gasteiger charge is 2.35. The van der Waals surface area contributed by atoms with Gasteiger partial charge in [0, 0.05) is 132 Å². The lowest BCUT2D eigenvalue weighted by molar-refractivity contribution is -0.117. The van der Waals surface area contributed by atoms with Crippen LogP contribution in [0.4, 0.5) is 83.3 Å². The molecule has 9 heterocycles. The van der Waals surface area contributed by atoms with Gasteiger partial charge in [0.2, 0.25) is 5.91 Å². The molecule has 7 amide bonds. The van der Waals surface area contributed by atoms with E-state index < -0.39 is 11.6 Å². The summed E-state index contributed by atoms with van der Waals surface area (Å²) in [6.45, 7) is 11.0. The van der Waals surface area contributed by atoms with E-state index in [9.17, 15) is 38.4 Å². The first-order chi connectivity index (χ1) is 62.6. The van der Waals surface area contributed by atoms with E-state index in [0.717, 1.165) is 57.8 Å². The average molecular weight is 1770 g/mol. The zero-order valence-electron chi connectivity index (χ0n) is 74.6. The zero-order valence-corrected chi connectivity index (χ0v) is 74.6. The van der Waals surface area contributed by atoms with E-state index in [1.54, 1.807) is 158 Å². The van der Waals surface area contributed by atoms with E-state index in [1.165, 1.54) is 24.8 Å². The molecule has 3 aromatic carbocycles. The molecular weight excluding hydrogens is 1670 g/mol. The van der Waals surface area contributed by atoms with Crippen LogP contribution in [0.3, 0.4) is 0 Å². The van der Waals surface area contributed by atoms with Crippen molar-refractivity contribution in [2.45, 2.75) is 136 Å². The number of hydrogen-bond acceptors (Lipinski definition) is 29. The molecule has 11 N–H and O–H groups in total. The minimum atomic E-state index is -0.406. The van der Waals surface area contributed by atoms with Crippen molar-refractivity contribution in [2.75, 3.05) is 71.0 Å². The fourth-order valence-electron chi connectivity index (χ4n) is 13.5. The van der Waals surface area contributed by atoms with Crippen LogP contribution in [0.15, 0.2) is 141 Å². The van der Waals surface area contributed by atoms with E-state index in [1.807, 2.05) is 75.4 Å². The van der Waals surface area contributed by atoms with Crippen LogP contribution in [-0.4, -0.2) is 177 Å². The largest absolute Gasteiger partial charge is 0.494 e. The molecule has 0 bridgehead atoms. The normalized spacial score (nSPS) is 13.1. The van der Waals surface area contributed by atoms with Gasteiger partial charge in [-0.25, -0.2) is 59.2 Å². The molecule has 12 aromatic rings. The maximum absolute atomic E-state index is 12.9. The molecule has 0 spiro atoms. The lowest BCUT2D eigenvalue weighted by atomic mass is 9.93. The van der Waals surface area contributed by atoms with Crippen LogP contribution in [0.5, 0.6) is 23.0 Å². The van der Waals surface area contributed by atoms with Gasteiger partial charge >= 0.3 is 18.1 Å². The first kappa shape index (κ1) is 92.0. The molecule has 130 heavy (non-hydrogen) atoms. The Bertz CT molecular complexity index is 6160. The molecule has 16 rings (SSSR count). The molecule has 40 heteroatoms. The number of carbonyl (C=O) groups is 8. The van der Waals surface area contributed by atoms with Crippen LogP contribution in [0.25, 0.3) is 45.6 Å². The molecule has 4 saturated carbocycles. The third-order valence-electron chi connectivity index (χ3n) is 20.6. The van der Waals surface area contributed by atoms with Gasteiger partial charge in [0.05, 0.1) is 113 Å². The summed E-state index contributed by atoms with van der Waals surface area (Å²) in [4.78, 5) is 138. The van der Waals surface area contributed by atoms with Crippen molar-refractivity contribution in [3.8, 4) is 68.5 Å². The van der Waals surface area contributed by atoms with Crippen molar-refractivity contribution >= 4 is 116 Å². The van der Waals surface area contributed by atoms with Crippen LogP contribution >= 0.6 is 0 Å². The van der Waals surface area contributed by atoms with Gasteiger partial charge in [-0.05, 0) is 121 Å². The molecule has 0 unspecified atom stereocenters. The third-order valence-corrected chi connectivity index (χ3v) is 20.6. The highest BCUT2D eigenvalue weighted by molar-refractivity contribution is 6.07. The van der Waals surface area contributed by atoms with Gasteiger partial charge in [0.25, 0.3) is 0 Å². The van der Waals surface area contributed by atoms with Crippen molar-refractivity contribution in [3.05, 3.63) is 163 Å². The second-order valence-electron chi connectivity index (χ2n) is 32.0. The molecule has 4 fully saturated rings. The number of anilines is 12. The Morgan fingerprint density at radius 3 is 1.03 bits per heavy atom. The van der Waals surface area contributed by atoms with Gasteiger partial charge in [-0.1, -0.05) is 39.0 Å². The second kappa shape index (κ2) is 41.6. The number of carbonyl (C=O) groups excluding carboxylic acids is 8. The number of aryl methyl sites for hydroxylation is 4. The van der Waals surface area contributed by atoms with Gasteiger partial charge in [-0.3, -0.25) is 58.7 Å². The standard InChI is InChI=1S/C23H27N7O3.C23H29N7O3.C22H23N7O3.C22H25N7O3/c1-4-19(31)16-12-24-20(28-23(32)26-14-7-5-8-14)11-18(16)27-17-10-6-9-15(21(17)33-3)22-25-13-30(2)29-22;1-7-18(31)15-12-24-19(27-22(32)28-23(2,3)4)11-17(15)26-16-10-8-9-14(20(16)33-6)21-25-13-30(5)29-21;1-29-11-25-20(28-29)14-7-8-23-21(19(14)32-2)26-16-9-17(27-22(31)13-5-6-13)24-10-15(16)18(30)12-3-4-12;1-4-18(30)15-11-23-19(27-22(31)25-13-8-9-13)10-17(15)26-16-7-5-6-14(20(16)32-3)21-24-12-29(2)28-21/h6,9-14H,4-5,7-8H2,1-3H3,(H3,24,26,27,28,32);8-13H,7H2,1-6H3,(H3,24,26,27,28,32);7-13H,3-6H2,1-2H3,(H2,23,24,26,27,31);5-7,10-13H,4,8-9H2,1-3H3,(H3,23,25,26,27,31). The summed E-state index contributed by atoms with van der Waals surface area (Å²) in [5.41, 5.74) is 7.98. The average Bonchev–Trinajstić information content (AvgIpc) is 1.77. The number of hydrogen-bond donors (Lipinski definition) is 11. The number of pyridine rings is 5. The lowest BCUT2D eigenvalue weighted by Crippen LogP contribution is -2.43. The molecule has 4 aliphatic carbocycles. The monoisotopic (exact) mass is 1770 g/mol. The van der Waals surface area contributed by atoms with E-state index in [0.29, 0.717) is 179 Å². The molecule has 0 aliphatic heterocycles. The Labute approximate surface area is 748 Å². The van der Waals surface area contributed by atoms with Crippen LogP contribution in [0.1, 0.15) is 160 Å². The van der Waals surface area contributed by atoms with Crippen LogP contribution < -0.4 is 77.4 Å². The summed E-state index contributed by atoms with van der Waals surface area (Å²) >= 11 is 0. The van der Waals surface area contributed by atoms with Crippen LogP contribution in [-0.2, 0) is 33.0 Å². The summed E-state index contributed by atoms with van der Waals surface area (Å²) in [5.74, 6) is 5.67. The van der Waals surface area contributed by atoms with Crippen molar-refractivity contribution in [2.24, 2.45) is 40.0 Å². The number of methoxy groups -OCH3 is 4. The van der Waals surface area contributed by atoms with Gasteiger partial charge < -0.3 is 61.5 Å². The molecule has 676 valence electrons. The smallest absolute Gasteiger partial charge is 0.320 e. The number of nitrogens with one attached hydrogen (secondary N) is 11. The Morgan fingerprint density at radius 1 is 0.377 bits per heavy atom. The van der Waals surface area contributed by atoms with E-state index in [-0.39, 0.29) is 65.0 Å². The summed E-state index contributed by atoms with van der Waals surface area (Å²) in [7, 11) is 13.4. The van der Waals surface area contributed by atoms with Gasteiger partial charge in [0.15, 0.2) is 75.2 Å². The van der Waals surface area contributed by atoms with E-state index >= 15 is 0 Å². The quantitative estimate of drug-likeness (QED) is 0.0180. The zero-order chi connectivity index (χ0) is 92.5. The summed E-state index contributed by atoms with van der Waals surface area (Å²) in [5, 5.41) is 50.1. The number of Topliss-reactive ketones (excluding diaryl/α,β-unsaturated/α-hetero) is 4. The van der Waals surface area contributed by atoms with Gasteiger partial charge in [0.1, 0.15) is 48.6 Å². The maximum atomic E-state index is 12.9. The highest BCUT2D eigenvalue weighted by Crippen LogP contribution is 2.44. The fourth-order valence-corrected chi connectivity index (χ4v) is 13.5. The van der Waals surface area contributed by atoms with Crippen molar-refractivity contribution in [1.82, 2.24) is 99.9 Å². The summed E-state index contributed by atoms with van der Waals surface area (Å²) < 4.78 is 29.0. The Hall–Kier alpha value is -15.7. The van der Waals surface area contributed by atoms with Gasteiger partial charge in [-0.15, -0.1) is 0 Å². The molecule has 9 aromatic heterocycles. The summed E-state index contributed by atoms with van der Waals surface area (Å²) in [6, 6.07) is 24.4. The first-order valence-electron chi connectivity index (χ1n) is 42.4. The number of urea groups is 3. The number of benzene rings is 3. The van der Waals surface area contributed by atoms with Crippen LogP contribution in [0.2, 0.25) is 0 Å². The number of ketones is 4. The lowest BCUT2D eigenvalue weighted by Gasteiger charge is -2.26. The molecular formula is C90H104N28O12. The number of rotatable bonds is 31. The van der Waals surface area contributed by atoms with Crippen molar-refractivity contribution < 1.29 is 57.3 Å². The molecule has 0 saturated heterocycles. The van der Waals surface area contributed by atoms with E-state index in [4.69, 9.17) is 18.9 Å². The second-order valence-corrected chi connectivity index (χ2v) is 32.0. The number of aromatic nitrogens is 17. The third kappa shape index (κ3) is 23.7. The number of para-hydroxylation sites is 3. The SMILES string of the molecule is CCC(=O)c1cnc(NC(=O)NC(C)(C)C)cc1Nc1cccc(-c2ncn(C)n2)c1OC.CCC(=O)c1cnc(NC(=O)NC2CC2)cc1Nc1cccc(-c2ncn(C)n2)c1OC.CCC(=O)c1cnc(NC(=O)NC2CCC2)cc1Nc1cccc(-c2ncn(C)n2)c1OC.COc1c(-c2ncn(C)n2)ccnc1Nc1cc(NC(=O)C2CC2)ncc1C(=O)C1CC1. The predicted octanol–water partition coefficient (Wildman–Crippen LogP) is 14.5. The Kier molecular flexibility index (Phi) is 29.5. The Balaban J connectivity index is 0.000000148. The Morgan fingerprint density at radius 2 is 0.715 bits per heavy atom. The highest BCUT2D eigenvalue weighted by atomic mass is 16.5. The molecule has 0 radical (unpaired) electrons. The first-order valence-corrected chi connectivity index (χ1v) is 42.4. The number of ether oxygens (including phenoxy) is 4. The minimum absolute atomic E-state index is 0.0168. The topological polar surface area (TPSA) is 493 Å². The maximum Gasteiger partial charge on any atom is 0.320 e. The molecule has 0 atom stereocenters. The predicted molar refractivity (Wildman–Crippen MR) is 489 cm³/mol. The van der Waals surface area contributed by atoms with E-state index in [2.05, 4.69) is 124 Å². The fraction of sp³-hybridized carbons (Fsp3) is 0.344. The van der Waals surface area contributed by atoms with Crippen LogP contribution in [0, 0.1) is 11.8 Å². The van der Waals surface area contributed by atoms with Crippen molar-refractivity contribution in [3.63, 3.8) is 0 Å². The number of amides is 7. The molecule has 40 nitrogen and oxygen atoms in total. The molecule has 4 aliphatic rings. The number of nitrogens with zero attached hydrogens (tertiary/aromatic N) is 17. The van der Waals surface area contributed by atoms with Crippen molar-refractivity contribution in [1.29, 1.82) is 0 Å². The minimum Gasteiger partial charge on any atom is -0.494 e. The van der Waals surface area contributed by atoms with Gasteiger partial charge in [-0.2, -0.15) is 20.4 Å².